The third-order valence-corrected chi connectivity index (χ3v) is 1.66. The lowest BCUT2D eigenvalue weighted by Gasteiger charge is -2.19. The molecular formula is C11H14BO4. The van der Waals surface area contributed by atoms with Crippen LogP contribution in [0.25, 0.3) is 0 Å². The Morgan fingerprint density at radius 2 is 2.06 bits per heavy atom. The van der Waals surface area contributed by atoms with Gasteiger partial charge in [0.2, 0.25) is 0 Å². The fourth-order valence-electron chi connectivity index (χ4n) is 1.09. The van der Waals surface area contributed by atoms with Crippen molar-refractivity contribution >= 4 is 13.7 Å². The van der Waals surface area contributed by atoms with Gasteiger partial charge in [0.15, 0.2) is 0 Å². The second-order valence-electron chi connectivity index (χ2n) is 4.25. The van der Waals surface area contributed by atoms with Crippen LogP contribution in [0.4, 0.5) is 0 Å². The summed E-state index contributed by atoms with van der Waals surface area (Å²) in [5, 5.41) is 8.47. The largest absolute Gasteiger partial charge is 0.569 e. The molecule has 85 valence electrons. The number of rotatable bonds is 3. The highest BCUT2D eigenvalue weighted by Crippen LogP contribution is 2.16. The Bertz CT molecular complexity index is 370. The molecule has 0 aliphatic heterocycles. The summed E-state index contributed by atoms with van der Waals surface area (Å²) in [6, 6.07) is 6.40. The van der Waals surface area contributed by atoms with E-state index in [0.717, 1.165) is 0 Å². The minimum absolute atomic E-state index is 0.380. The molecule has 0 aliphatic carbocycles. The molecule has 0 aromatic heterocycles. The molecule has 0 atom stereocenters. The topological polar surface area (TPSA) is 55.8 Å². The van der Waals surface area contributed by atoms with E-state index in [1.807, 2.05) is 0 Å². The maximum absolute atomic E-state index is 11.7. The average Bonchev–Trinajstić information content (AvgIpc) is 2.16. The van der Waals surface area contributed by atoms with Gasteiger partial charge in [-0.1, -0.05) is 6.07 Å². The van der Waals surface area contributed by atoms with Crippen LogP contribution in [0.15, 0.2) is 24.3 Å². The van der Waals surface area contributed by atoms with Crippen LogP contribution in [0.3, 0.4) is 0 Å². The Morgan fingerprint density at radius 1 is 1.38 bits per heavy atom. The Kier molecular flexibility index (Phi) is 3.96. The van der Waals surface area contributed by atoms with Gasteiger partial charge in [-0.25, -0.2) is 4.79 Å². The van der Waals surface area contributed by atoms with Crippen molar-refractivity contribution in [2.45, 2.75) is 26.4 Å². The monoisotopic (exact) mass is 221 g/mol. The third kappa shape index (κ3) is 3.94. The molecule has 0 saturated heterocycles. The summed E-state index contributed by atoms with van der Waals surface area (Å²) in [7, 11) is 0.564. The Labute approximate surface area is 95.5 Å². The second-order valence-corrected chi connectivity index (χ2v) is 4.25. The molecule has 0 spiro atoms. The standard InChI is InChI=1S/C11H14BO4/c1-11(2,3)15-10(13)8-5-4-6-9(7-8)16-12-14/h4-7,14H,1-3H3. The quantitative estimate of drug-likeness (QED) is 0.621. The van der Waals surface area contributed by atoms with Crippen LogP contribution in [0.2, 0.25) is 0 Å². The highest BCUT2D eigenvalue weighted by Gasteiger charge is 2.17. The average molecular weight is 221 g/mol. The smallest absolute Gasteiger partial charge is 0.537 e. The summed E-state index contributed by atoms with van der Waals surface area (Å²) in [5.74, 6) is -0.0400. The van der Waals surface area contributed by atoms with Crippen molar-refractivity contribution in [3.8, 4) is 5.75 Å². The van der Waals surface area contributed by atoms with Crippen LogP contribution in [-0.2, 0) is 4.74 Å². The molecule has 1 rings (SSSR count). The fourth-order valence-corrected chi connectivity index (χ4v) is 1.09. The van der Waals surface area contributed by atoms with Gasteiger partial charge in [-0.3, -0.25) is 0 Å². The molecule has 0 saturated carbocycles. The maximum atomic E-state index is 11.7. The summed E-state index contributed by atoms with van der Waals surface area (Å²) < 4.78 is 9.94. The lowest BCUT2D eigenvalue weighted by Crippen LogP contribution is -2.23. The van der Waals surface area contributed by atoms with Gasteiger partial charge in [0.05, 0.1) is 5.56 Å². The Hall–Kier alpha value is -1.49. The second kappa shape index (κ2) is 5.03. The summed E-state index contributed by atoms with van der Waals surface area (Å²) in [6.45, 7) is 5.40. The molecule has 1 aromatic carbocycles. The Balaban J connectivity index is 2.79. The third-order valence-electron chi connectivity index (χ3n) is 1.66. The molecule has 1 radical (unpaired) electrons. The van der Waals surface area contributed by atoms with Crippen molar-refractivity contribution < 1.29 is 19.2 Å². The summed E-state index contributed by atoms with van der Waals surface area (Å²) in [5.41, 5.74) is -0.147. The van der Waals surface area contributed by atoms with Gasteiger partial charge in [-0.15, -0.1) is 0 Å². The first-order valence-electron chi connectivity index (χ1n) is 4.88. The number of carbonyl (C=O) groups is 1. The van der Waals surface area contributed by atoms with Crippen molar-refractivity contribution in [1.82, 2.24) is 0 Å². The van der Waals surface area contributed by atoms with Gasteiger partial charge in [-0.05, 0) is 39.0 Å². The van der Waals surface area contributed by atoms with E-state index in [4.69, 9.17) is 14.4 Å². The molecular weight excluding hydrogens is 207 g/mol. The summed E-state index contributed by atoms with van der Waals surface area (Å²) >= 11 is 0. The van der Waals surface area contributed by atoms with E-state index < -0.39 is 11.6 Å². The SMILES string of the molecule is CC(C)(C)OC(=O)c1cccc(O[B]O)c1. The highest BCUT2D eigenvalue weighted by molar-refractivity contribution is 6.17. The first kappa shape index (κ1) is 12.6. The van der Waals surface area contributed by atoms with Crippen LogP contribution in [0.5, 0.6) is 5.75 Å². The van der Waals surface area contributed by atoms with E-state index in [1.54, 1.807) is 39.0 Å². The van der Waals surface area contributed by atoms with Crippen molar-refractivity contribution in [1.29, 1.82) is 0 Å². The zero-order chi connectivity index (χ0) is 12.2. The number of esters is 1. The molecule has 0 fully saturated rings. The molecule has 16 heavy (non-hydrogen) atoms. The molecule has 0 unspecified atom stereocenters. The molecule has 4 nitrogen and oxygen atoms in total. The first-order chi connectivity index (χ1) is 7.42. The van der Waals surface area contributed by atoms with Crippen molar-refractivity contribution in [3.05, 3.63) is 29.8 Å². The van der Waals surface area contributed by atoms with Crippen LogP contribution < -0.4 is 4.65 Å². The zero-order valence-electron chi connectivity index (χ0n) is 9.56. The fraction of sp³-hybridized carbons (Fsp3) is 0.364. The zero-order valence-corrected chi connectivity index (χ0v) is 9.56. The van der Waals surface area contributed by atoms with Gasteiger partial charge >= 0.3 is 13.7 Å². The van der Waals surface area contributed by atoms with E-state index in [0.29, 0.717) is 19.0 Å². The van der Waals surface area contributed by atoms with E-state index in [9.17, 15) is 4.79 Å². The van der Waals surface area contributed by atoms with Crippen molar-refractivity contribution in [2.24, 2.45) is 0 Å². The normalized spacial score (nSPS) is 10.8. The number of benzene rings is 1. The van der Waals surface area contributed by atoms with Crippen LogP contribution in [0, 0.1) is 0 Å². The highest BCUT2D eigenvalue weighted by atomic mass is 16.6. The van der Waals surface area contributed by atoms with E-state index >= 15 is 0 Å². The summed E-state index contributed by atoms with van der Waals surface area (Å²) in [6.07, 6.45) is 0. The van der Waals surface area contributed by atoms with Gasteiger partial charge in [0, 0.05) is 0 Å². The van der Waals surface area contributed by atoms with Gasteiger partial charge in [0.1, 0.15) is 11.4 Å². The summed E-state index contributed by atoms with van der Waals surface area (Å²) in [4.78, 5) is 11.7. The van der Waals surface area contributed by atoms with Crippen LogP contribution >= 0.6 is 0 Å². The minimum Gasteiger partial charge on any atom is -0.537 e. The van der Waals surface area contributed by atoms with Gasteiger partial charge < -0.3 is 14.4 Å². The molecule has 0 aliphatic rings. The minimum atomic E-state index is -0.531. The van der Waals surface area contributed by atoms with Crippen molar-refractivity contribution in [2.75, 3.05) is 0 Å². The Morgan fingerprint density at radius 3 is 2.62 bits per heavy atom. The van der Waals surface area contributed by atoms with E-state index in [1.165, 1.54) is 6.07 Å². The predicted molar refractivity (Wildman–Crippen MR) is 60.2 cm³/mol. The van der Waals surface area contributed by atoms with Crippen LogP contribution in [0.1, 0.15) is 31.1 Å². The maximum Gasteiger partial charge on any atom is 0.569 e. The number of hydrogen-bond acceptors (Lipinski definition) is 4. The van der Waals surface area contributed by atoms with E-state index in [2.05, 4.69) is 0 Å². The molecule has 1 N–H and O–H groups in total. The van der Waals surface area contributed by atoms with Gasteiger partial charge in [0.25, 0.3) is 0 Å². The number of carbonyl (C=O) groups excluding carboxylic acids is 1. The lowest BCUT2D eigenvalue weighted by atomic mass is 10.1. The van der Waals surface area contributed by atoms with Gasteiger partial charge in [-0.2, -0.15) is 0 Å². The number of ether oxygens (including phenoxy) is 1. The van der Waals surface area contributed by atoms with E-state index in [-0.39, 0.29) is 0 Å². The molecule has 0 amide bonds. The first-order valence-corrected chi connectivity index (χ1v) is 4.88. The molecule has 1 aromatic rings. The number of hydrogen-bond donors (Lipinski definition) is 1. The molecule has 0 heterocycles. The van der Waals surface area contributed by atoms with Crippen LogP contribution in [-0.4, -0.2) is 24.3 Å². The lowest BCUT2D eigenvalue weighted by molar-refractivity contribution is 0.00692. The molecule has 0 bridgehead atoms. The predicted octanol–water partition coefficient (Wildman–Crippen LogP) is 1.55. The molecule has 5 heteroatoms. The van der Waals surface area contributed by atoms with Crippen molar-refractivity contribution in [3.63, 3.8) is 0 Å².